The fraction of sp³-hybridized carbons (Fsp3) is 0.462. The molecular weight excluding hydrogens is 298 g/mol. The number of benzene rings is 1. The topological polar surface area (TPSA) is 113 Å². The molecule has 0 radical (unpaired) electrons. The molecule has 1 aromatic rings. The molecule has 1 rings (SSSR count). The van der Waals surface area contributed by atoms with E-state index < -0.39 is 21.6 Å². The molecular formula is C13H19NO6S. The van der Waals surface area contributed by atoms with Crippen molar-refractivity contribution in [1.82, 2.24) is 4.72 Å². The standard InChI is InChI=1S/C13H19NO6S/c1-13(2,17)9-14-21(18,19)11-5-3-10(4-6-11)20-8-7-12(15)16/h3-6,14,17H,7-9H2,1-2H3,(H,15,16). The lowest BCUT2D eigenvalue weighted by Gasteiger charge is -2.17. The zero-order valence-corrected chi connectivity index (χ0v) is 12.7. The quantitative estimate of drug-likeness (QED) is 0.647. The van der Waals surface area contributed by atoms with E-state index in [-0.39, 0.29) is 24.5 Å². The zero-order chi connectivity index (χ0) is 16.1. The highest BCUT2D eigenvalue weighted by molar-refractivity contribution is 7.89. The molecule has 7 nitrogen and oxygen atoms in total. The lowest BCUT2D eigenvalue weighted by molar-refractivity contribution is -0.137. The van der Waals surface area contributed by atoms with Gasteiger partial charge in [0.25, 0.3) is 0 Å². The van der Waals surface area contributed by atoms with Crippen LogP contribution in [0.1, 0.15) is 20.3 Å². The van der Waals surface area contributed by atoms with Crippen LogP contribution in [0.4, 0.5) is 0 Å². The number of carboxylic acids is 1. The van der Waals surface area contributed by atoms with E-state index in [9.17, 15) is 18.3 Å². The van der Waals surface area contributed by atoms with Crippen molar-refractivity contribution >= 4 is 16.0 Å². The van der Waals surface area contributed by atoms with Crippen molar-refractivity contribution in [2.45, 2.75) is 30.8 Å². The molecule has 0 atom stereocenters. The van der Waals surface area contributed by atoms with Crippen LogP contribution in [-0.2, 0) is 14.8 Å². The maximum Gasteiger partial charge on any atom is 0.306 e. The first-order valence-corrected chi connectivity index (χ1v) is 7.75. The first-order chi connectivity index (χ1) is 9.60. The number of aliphatic carboxylic acids is 1. The average molecular weight is 317 g/mol. The lowest BCUT2D eigenvalue weighted by Crippen LogP contribution is -2.38. The Bertz CT molecular complexity index is 574. The van der Waals surface area contributed by atoms with Gasteiger partial charge in [-0.15, -0.1) is 0 Å². The van der Waals surface area contributed by atoms with E-state index >= 15 is 0 Å². The van der Waals surface area contributed by atoms with E-state index in [0.29, 0.717) is 5.75 Å². The zero-order valence-electron chi connectivity index (χ0n) is 11.9. The molecule has 3 N–H and O–H groups in total. The molecule has 0 saturated heterocycles. The second-order valence-electron chi connectivity index (χ2n) is 5.10. The molecule has 0 aliphatic heterocycles. The van der Waals surface area contributed by atoms with Gasteiger partial charge in [-0.25, -0.2) is 13.1 Å². The van der Waals surface area contributed by atoms with Crippen molar-refractivity contribution < 1.29 is 28.2 Å². The van der Waals surface area contributed by atoms with E-state index in [1.807, 2.05) is 0 Å². The Morgan fingerprint density at radius 2 is 1.86 bits per heavy atom. The number of hydrogen-bond acceptors (Lipinski definition) is 5. The first-order valence-electron chi connectivity index (χ1n) is 6.27. The third kappa shape index (κ3) is 6.56. The molecule has 0 unspecified atom stereocenters. The molecule has 0 amide bonds. The molecule has 0 aliphatic carbocycles. The van der Waals surface area contributed by atoms with Crippen LogP contribution >= 0.6 is 0 Å². The fourth-order valence-electron chi connectivity index (χ4n) is 1.33. The summed E-state index contributed by atoms with van der Waals surface area (Å²) < 4.78 is 31.4. The Morgan fingerprint density at radius 1 is 1.29 bits per heavy atom. The molecule has 0 bridgehead atoms. The number of sulfonamides is 1. The molecule has 8 heteroatoms. The number of hydrogen-bond donors (Lipinski definition) is 3. The van der Waals surface area contributed by atoms with Crippen LogP contribution in [0.5, 0.6) is 5.75 Å². The normalized spacial score (nSPS) is 12.1. The summed E-state index contributed by atoms with van der Waals surface area (Å²) in [6.07, 6.45) is -0.132. The lowest BCUT2D eigenvalue weighted by atomic mass is 10.1. The summed E-state index contributed by atoms with van der Waals surface area (Å²) >= 11 is 0. The summed E-state index contributed by atoms with van der Waals surface area (Å²) in [4.78, 5) is 10.4. The van der Waals surface area contributed by atoms with Crippen molar-refractivity contribution in [3.63, 3.8) is 0 Å². The maximum atomic E-state index is 12.0. The highest BCUT2D eigenvalue weighted by Gasteiger charge is 2.19. The van der Waals surface area contributed by atoms with Gasteiger partial charge < -0.3 is 14.9 Å². The number of ether oxygens (including phenoxy) is 1. The van der Waals surface area contributed by atoms with E-state index in [4.69, 9.17) is 9.84 Å². The van der Waals surface area contributed by atoms with Gasteiger partial charge in [-0.1, -0.05) is 0 Å². The number of nitrogens with one attached hydrogen (secondary N) is 1. The molecule has 118 valence electrons. The minimum atomic E-state index is -3.70. The van der Waals surface area contributed by atoms with Gasteiger partial charge in [0, 0.05) is 6.54 Å². The van der Waals surface area contributed by atoms with Crippen LogP contribution in [0, 0.1) is 0 Å². The fourth-order valence-corrected chi connectivity index (χ4v) is 2.53. The monoisotopic (exact) mass is 317 g/mol. The predicted molar refractivity (Wildman–Crippen MR) is 75.7 cm³/mol. The van der Waals surface area contributed by atoms with Crippen LogP contribution in [0.25, 0.3) is 0 Å². The largest absolute Gasteiger partial charge is 0.493 e. The van der Waals surface area contributed by atoms with Crippen molar-refractivity contribution in [1.29, 1.82) is 0 Å². The van der Waals surface area contributed by atoms with Gasteiger partial charge in [0.2, 0.25) is 10.0 Å². The van der Waals surface area contributed by atoms with Gasteiger partial charge in [-0.3, -0.25) is 4.79 Å². The van der Waals surface area contributed by atoms with Gasteiger partial charge in [0.1, 0.15) is 5.75 Å². The van der Waals surface area contributed by atoms with Gasteiger partial charge in [-0.05, 0) is 38.1 Å². The third-order valence-corrected chi connectivity index (χ3v) is 3.83. The van der Waals surface area contributed by atoms with Crippen LogP contribution < -0.4 is 9.46 Å². The van der Waals surface area contributed by atoms with E-state index in [1.54, 1.807) is 0 Å². The summed E-state index contributed by atoms with van der Waals surface area (Å²) in [7, 11) is -3.70. The SMILES string of the molecule is CC(C)(O)CNS(=O)(=O)c1ccc(OCCC(=O)O)cc1. The summed E-state index contributed by atoms with van der Waals surface area (Å²) in [5.41, 5.74) is -1.15. The number of carboxylic acid groups (broad SMARTS) is 1. The van der Waals surface area contributed by atoms with Crippen LogP contribution in [0.3, 0.4) is 0 Å². The van der Waals surface area contributed by atoms with Crippen molar-refractivity contribution in [3.8, 4) is 5.75 Å². The molecule has 0 spiro atoms. The average Bonchev–Trinajstić information content (AvgIpc) is 2.36. The summed E-state index contributed by atoms with van der Waals surface area (Å²) in [6, 6.07) is 5.59. The Kier molecular flexibility index (Phi) is 5.70. The van der Waals surface area contributed by atoms with Gasteiger partial charge in [0.15, 0.2) is 0 Å². The summed E-state index contributed by atoms with van der Waals surface area (Å²) in [5, 5.41) is 18.0. The summed E-state index contributed by atoms with van der Waals surface area (Å²) in [5.74, 6) is -0.581. The van der Waals surface area contributed by atoms with Crippen molar-refractivity contribution in [3.05, 3.63) is 24.3 Å². The first kappa shape index (κ1) is 17.4. The second-order valence-corrected chi connectivity index (χ2v) is 6.87. The number of aliphatic hydroxyl groups is 1. The number of carbonyl (C=O) groups is 1. The molecule has 0 saturated carbocycles. The van der Waals surface area contributed by atoms with Gasteiger partial charge in [-0.2, -0.15) is 0 Å². The minimum Gasteiger partial charge on any atom is -0.493 e. The minimum absolute atomic E-state index is 0.0123. The highest BCUT2D eigenvalue weighted by Crippen LogP contribution is 2.16. The van der Waals surface area contributed by atoms with Crippen molar-refractivity contribution in [2.75, 3.05) is 13.2 Å². The molecule has 0 aliphatic rings. The molecule has 0 fully saturated rings. The van der Waals surface area contributed by atoms with Crippen LogP contribution in [0.2, 0.25) is 0 Å². The molecule has 1 aromatic carbocycles. The van der Waals surface area contributed by atoms with E-state index in [1.165, 1.54) is 38.1 Å². The highest BCUT2D eigenvalue weighted by atomic mass is 32.2. The van der Waals surface area contributed by atoms with Gasteiger partial charge in [0.05, 0.1) is 23.5 Å². The predicted octanol–water partition coefficient (Wildman–Crippen LogP) is 0.589. The van der Waals surface area contributed by atoms with Crippen LogP contribution in [0.15, 0.2) is 29.2 Å². The smallest absolute Gasteiger partial charge is 0.306 e. The maximum absolute atomic E-state index is 12.0. The Morgan fingerprint density at radius 3 is 2.33 bits per heavy atom. The van der Waals surface area contributed by atoms with E-state index in [2.05, 4.69) is 4.72 Å². The third-order valence-electron chi connectivity index (χ3n) is 2.41. The number of rotatable bonds is 8. The Labute approximate surface area is 123 Å². The van der Waals surface area contributed by atoms with E-state index in [0.717, 1.165) is 0 Å². The van der Waals surface area contributed by atoms with Crippen LogP contribution in [-0.4, -0.2) is 43.4 Å². The summed E-state index contributed by atoms with van der Waals surface area (Å²) in [6.45, 7) is 2.90. The van der Waals surface area contributed by atoms with Gasteiger partial charge >= 0.3 is 5.97 Å². The Balaban J connectivity index is 2.66. The molecule has 0 aromatic heterocycles. The molecule has 0 heterocycles. The molecule has 21 heavy (non-hydrogen) atoms. The van der Waals surface area contributed by atoms with Crippen molar-refractivity contribution in [2.24, 2.45) is 0 Å². The Hall–Kier alpha value is -1.64. The second kappa shape index (κ2) is 6.88.